The molecule has 0 bridgehead atoms. The molecule has 202 valence electrons. The molecule has 0 spiro atoms. The number of carbonyl (C=O) groups excluding carboxylic acids is 2. The normalized spacial score (nSPS) is 12.1. The fourth-order valence-corrected chi connectivity index (χ4v) is 6.99. The van der Waals surface area contributed by atoms with E-state index in [-0.39, 0.29) is 51.0 Å². The molecule has 0 saturated heterocycles. The van der Waals surface area contributed by atoms with Crippen LogP contribution in [0.5, 0.6) is 0 Å². The van der Waals surface area contributed by atoms with Crippen molar-refractivity contribution < 1.29 is 46.4 Å². The van der Waals surface area contributed by atoms with Crippen LogP contribution in [0.3, 0.4) is 0 Å². The fraction of sp³-hybridized carbons (Fsp3) is 0.900. The molecule has 0 aromatic carbocycles. The summed E-state index contributed by atoms with van der Waals surface area (Å²) in [6.45, 7) is 0.701. The van der Waals surface area contributed by atoms with E-state index in [0.29, 0.717) is 38.0 Å². The van der Waals surface area contributed by atoms with Crippen LogP contribution in [0.25, 0.3) is 0 Å². The minimum atomic E-state index is -2.77. The maximum Gasteiger partial charge on any atom is 0.500 e. The first-order valence-corrected chi connectivity index (χ1v) is 15.2. The number of amides is 2. The third kappa shape index (κ3) is 11.2. The van der Waals surface area contributed by atoms with Crippen LogP contribution in [-0.2, 0) is 36.1 Å². The number of aliphatic hydroxyl groups is 2. The molecule has 0 aromatic rings. The van der Waals surface area contributed by atoms with Crippen LogP contribution in [0.1, 0.15) is 25.7 Å². The van der Waals surface area contributed by atoms with Gasteiger partial charge < -0.3 is 46.6 Å². The van der Waals surface area contributed by atoms with Crippen molar-refractivity contribution >= 4 is 29.4 Å². The summed E-state index contributed by atoms with van der Waals surface area (Å²) in [6, 6.07) is 1.07. The molecule has 12 nitrogen and oxygen atoms in total. The van der Waals surface area contributed by atoms with Gasteiger partial charge in [-0.3, -0.25) is 9.59 Å². The van der Waals surface area contributed by atoms with Crippen LogP contribution in [0, 0.1) is 0 Å². The van der Waals surface area contributed by atoms with Crippen LogP contribution in [0.2, 0.25) is 12.1 Å². The molecule has 0 aliphatic heterocycles. The summed E-state index contributed by atoms with van der Waals surface area (Å²) in [5, 5.41) is 18.2. The molecule has 34 heavy (non-hydrogen) atoms. The first-order chi connectivity index (χ1) is 16.3. The summed E-state index contributed by atoms with van der Waals surface area (Å²) in [6.07, 6.45) is 1.22. The Hall–Kier alpha value is -0.946. The van der Waals surface area contributed by atoms with Crippen molar-refractivity contribution in [2.45, 2.75) is 37.8 Å². The molecular weight excluding hydrogens is 484 g/mol. The second-order valence-electron chi connectivity index (χ2n) is 7.51. The van der Waals surface area contributed by atoms with Gasteiger partial charge in [0.25, 0.3) is 0 Å². The van der Waals surface area contributed by atoms with Crippen molar-refractivity contribution in [2.75, 3.05) is 82.1 Å². The van der Waals surface area contributed by atoms with Crippen LogP contribution in [-0.4, -0.2) is 131 Å². The van der Waals surface area contributed by atoms with Gasteiger partial charge in [0.1, 0.15) is 0 Å². The van der Waals surface area contributed by atoms with E-state index < -0.39 is 17.6 Å². The van der Waals surface area contributed by atoms with E-state index in [0.717, 1.165) is 0 Å². The maximum absolute atomic E-state index is 13.0. The van der Waals surface area contributed by atoms with Gasteiger partial charge in [-0.25, -0.2) is 0 Å². The van der Waals surface area contributed by atoms with E-state index in [1.807, 2.05) is 0 Å². The monoisotopic (exact) mass is 528 g/mol. The van der Waals surface area contributed by atoms with Crippen molar-refractivity contribution in [1.29, 1.82) is 0 Å². The third-order valence-electron chi connectivity index (χ3n) is 5.69. The van der Waals surface area contributed by atoms with Gasteiger partial charge in [0, 0.05) is 93.8 Å². The van der Waals surface area contributed by atoms with Gasteiger partial charge in [-0.2, -0.15) is 0 Å². The predicted octanol–water partition coefficient (Wildman–Crippen LogP) is -0.0552. The smallest absolute Gasteiger partial charge is 0.395 e. The Balaban J connectivity index is 5.15. The SMILES string of the molecule is CO[Si](CCCN(CCC[Si](OC)(OC)OC)C(=O)CCC(=O)N(CCO)CCO)(OC)OC. The highest BCUT2D eigenvalue weighted by atomic mass is 28.4. The van der Waals surface area contributed by atoms with Crippen LogP contribution < -0.4 is 0 Å². The highest BCUT2D eigenvalue weighted by Gasteiger charge is 2.38. The zero-order valence-electron chi connectivity index (χ0n) is 21.5. The average molecular weight is 529 g/mol. The zero-order chi connectivity index (χ0) is 26.0. The Morgan fingerprint density at radius 1 is 0.588 bits per heavy atom. The molecule has 0 aliphatic rings. The largest absolute Gasteiger partial charge is 0.500 e. The first-order valence-electron chi connectivity index (χ1n) is 11.3. The van der Waals surface area contributed by atoms with Crippen molar-refractivity contribution in [1.82, 2.24) is 9.80 Å². The number of aliphatic hydroxyl groups excluding tert-OH is 2. The molecule has 0 heterocycles. The molecule has 0 atom stereocenters. The minimum Gasteiger partial charge on any atom is -0.395 e. The van der Waals surface area contributed by atoms with Crippen molar-refractivity contribution in [2.24, 2.45) is 0 Å². The molecule has 2 N–H and O–H groups in total. The molecule has 0 fully saturated rings. The average Bonchev–Trinajstić information content (AvgIpc) is 2.87. The van der Waals surface area contributed by atoms with Gasteiger partial charge in [0.05, 0.1) is 13.2 Å². The first kappa shape index (κ1) is 33.1. The molecule has 14 heteroatoms. The number of hydrogen-bond acceptors (Lipinski definition) is 10. The third-order valence-corrected chi connectivity index (χ3v) is 11.3. The van der Waals surface area contributed by atoms with Gasteiger partial charge in [0.15, 0.2) is 0 Å². The molecule has 0 unspecified atom stereocenters. The molecule has 0 rings (SSSR count). The number of rotatable bonds is 21. The highest BCUT2D eigenvalue weighted by Crippen LogP contribution is 2.18. The van der Waals surface area contributed by atoms with Gasteiger partial charge >= 0.3 is 17.6 Å². The summed E-state index contributed by atoms with van der Waals surface area (Å²) >= 11 is 0. The van der Waals surface area contributed by atoms with Gasteiger partial charge in [-0.1, -0.05) is 0 Å². The molecule has 2 amide bonds. The van der Waals surface area contributed by atoms with E-state index >= 15 is 0 Å². The lowest BCUT2D eigenvalue weighted by Gasteiger charge is -2.29. The molecule has 0 aliphatic carbocycles. The van der Waals surface area contributed by atoms with Crippen molar-refractivity contribution in [3.05, 3.63) is 0 Å². The van der Waals surface area contributed by atoms with Crippen molar-refractivity contribution in [3.8, 4) is 0 Å². The summed E-state index contributed by atoms with van der Waals surface area (Å²) in [5.41, 5.74) is 0. The second kappa shape index (κ2) is 18.3. The number of hydrogen-bond donors (Lipinski definition) is 2. The minimum absolute atomic E-state index is 0.00483. The number of nitrogens with zero attached hydrogens (tertiary/aromatic N) is 2. The maximum atomic E-state index is 13.0. The fourth-order valence-electron chi connectivity index (χ4n) is 3.58. The topological polar surface area (TPSA) is 136 Å². The van der Waals surface area contributed by atoms with Crippen LogP contribution in [0.4, 0.5) is 0 Å². The standard InChI is InChI=1S/C20H44N2O10Si2/c1-27-33(28-2,29-3)17-7-11-21(12-8-18-34(30-4,31-5)32-6)19(25)9-10-20(26)22(13-15-23)14-16-24/h23-24H,7-18H2,1-6H3. The quantitative estimate of drug-likeness (QED) is 0.195. The Bertz CT molecular complexity index is 517. The summed E-state index contributed by atoms with van der Waals surface area (Å²) in [4.78, 5) is 28.5. The van der Waals surface area contributed by atoms with E-state index in [1.54, 1.807) is 47.6 Å². The van der Waals surface area contributed by atoms with Crippen LogP contribution >= 0.6 is 0 Å². The molecule has 0 saturated carbocycles. The molecular formula is C20H44N2O10Si2. The van der Waals surface area contributed by atoms with E-state index in [9.17, 15) is 9.59 Å². The molecule has 0 radical (unpaired) electrons. The molecule has 0 aromatic heterocycles. The predicted molar refractivity (Wildman–Crippen MR) is 129 cm³/mol. The summed E-state index contributed by atoms with van der Waals surface area (Å²) < 4.78 is 32.7. The Morgan fingerprint density at radius 2 is 0.882 bits per heavy atom. The Morgan fingerprint density at radius 3 is 1.15 bits per heavy atom. The Kier molecular flexibility index (Phi) is 17.8. The lowest BCUT2D eigenvalue weighted by molar-refractivity contribution is -0.137. The van der Waals surface area contributed by atoms with E-state index in [1.165, 1.54) is 4.90 Å². The van der Waals surface area contributed by atoms with Gasteiger partial charge in [-0.05, 0) is 12.8 Å². The summed E-state index contributed by atoms with van der Waals surface area (Å²) in [7, 11) is 3.73. The zero-order valence-corrected chi connectivity index (χ0v) is 23.5. The highest BCUT2D eigenvalue weighted by molar-refractivity contribution is 6.60. The summed E-state index contributed by atoms with van der Waals surface area (Å²) in [5.74, 6) is -0.453. The lowest BCUT2D eigenvalue weighted by atomic mass is 10.2. The van der Waals surface area contributed by atoms with Gasteiger partial charge in [-0.15, -0.1) is 0 Å². The van der Waals surface area contributed by atoms with Crippen LogP contribution in [0.15, 0.2) is 0 Å². The Labute approximate surface area is 205 Å². The lowest BCUT2D eigenvalue weighted by Crippen LogP contribution is -2.45. The van der Waals surface area contributed by atoms with E-state index in [4.69, 9.17) is 36.8 Å². The van der Waals surface area contributed by atoms with Crippen molar-refractivity contribution in [3.63, 3.8) is 0 Å². The second-order valence-corrected chi connectivity index (χ2v) is 13.7. The van der Waals surface area contributed by atoms with Gasteiger partial charge in [0.2, 0.25) is 11.8 Å². The van der Waals surface area contributed by atoms with E-state index in [2.05, 4.69) is 0 Å². The number of carbonyl (C=O) groups is 2.